The molecule has 4 nitrogen and oxygen atoms in total. The second kappa shape index (κ2) is 7.76. The Morgan fingerprint density at radius 3 is 2.64 bits per heavy atom. The lowest BCUT2D eigenvalue weighted by molar-refractivity contribution is -0.131. The van der Waals surface area contributed by atoms with Crippen LogP contribution in [0, 0.1) is 0 Å². The molecule has 0 aromatic heterocycles. The topological polar surface area (TPSA) is 49.8 Å². The van der Waals surface area contributed by atoms with Crippen molar-refractivity contribution < 1.29 is 14.6 Å². The van der Waals surface area contributed by atoms with E-state index in [1.54, 1.807) is 12.0 Å². The molecule has 1 fully saturated rings. The summed E-state index contributed by atoms with van der Waals surface area (Å²) in [6, 6.07) is 0. The molecular weight excluding hydrogens is 182 g/mol. The number of methoxy groups -OCH3 is 1. The zero-order chi connectivity index (χ0) is 11.0. The van der Waals surface area contributed by atoms with E-state index in [-0.39, 0.29) is 25.0 Å². The van der Waals surface area contributed by atoms with Crippen LogP contribution in [0.1, 0.15) is 26.7 Å². The maximum atomic E-state index is 11.2. The van der Waals surface area contributed by atoms with Gasteiger partial charge in [-0.2, -0.15) is 0 Å². The number of rotatable bonds is 3. The zero-order valence-corrected chi connectivity index (χ0v) is 9.32. The van der Waals surface area contributed by atoms with Crippen LogP contribution in [0.5, 0.6) is 0 Å². The highest BCUT2D eigenvalue weighted by Gasteiger charge is 2.25. The minimum Gasteiger partial charge on any atom is -0.396 e. The van der Waals surface area contributed by atoms with Crippen LogP contribution in [0.4, 0.5) is 0 Å². The molecule has 0 saturated carbocycles. The number of aliphatic hydroxyl groups is 1. The first-order chi connectivity index (χ1) is 6.77. The van der Waals surface area contributed by atoms with E-state index in [0.29, 0.717) is 6.54 Å². The summed E-state index contributed by atoms with van der Waals surface area (Å²) in [6.07, 6.45) is 1.33. The average Bonchev–Trinajstić information content (AvgIpc) is 2.69. The first kappa shape index (κ1) is 13.4. The molecule has 84 valence electrons. The van der Waals surface area contributed by atoms with Crippen LogP contribution < -0.4 is 0 Å². The number of ether oxygens (including phenoxy) is 1. The summed E-state index contributed by atoms with van der Waals surface area (Å²) in [7, 11) is 1.66. The Morgan fingerprint density at radius 2 is 2.21 bits per heavy atom. The van der Waals surface area contributed by atoms with Crippen molar-refractivity contribution in [3.05, 3.63) is 0 Å². The van der Waals surface area contributed by atoms with Gasteiger partial charge < -0.3 is 14.7 Å². The predicted octanol–water partition coefficient (Wildman–Crippen LogP) is 0.642. The highest BCUT2D eigenvalue weighted by molar-refractivity contribution is 5.76. The predicted molar refractivity (Wildman–Crippen MR) is 55.0 cm³/mol. The molecule has 1 N–H and O–H groups in total. The Hall–Kier alpha value is -0.610. The number of hydrogen-bond acceptors (Lipinski definition) is 3. The Balaban J connectivity index is 0.000000791. The number of amides is 1. The molecule has 1 atom stereocenters. The fraction of sp³-hybridized carbons (Fsp3) is 0.900. The van der Waals surface area contributed by atoms with Crippen molar-refractivity contribution in [3.63, 3.8) is 0 Å². The van der Waals surface area contributed by atoms with Gasteiger partial charge in [0.1, 0.15) is 0 Å². The van der Waals surface area contributed by atoms with E-state index >= 15 is 0 Å². The summed E-state index contributed by atoms with van der Waals surface area (Å²) in [5, 5.41) is 8.54. The van der Waals surface area contributed by atoms with Crippen LogP contribution in [0.15, 0.2) is 0 Å². The third-order valence-corrected chi connectivity index (χ3v) is 2.16. The summed E-state index contributed by atoms with van der Waals surface area (Å²) in [5.74, 6) is 0.0250. The Morgan fingerprint density at radius 1 is 1.57 bits per heavy atom. The van der Waals surface area contributed by atoms with Crippen molar-refractivity contribution in [2.75, 3.05) is 26.8 Å². The molecule has 0 unspecified atom stereocenters. The number of likely N-dealkylation sites (tertiary alicyclic amines) is 1. The van der Waals surface area contributed by atoms with Crippen LogP contribution in [-0.4, -0.2) is 48.8 Å². The molecule has 0 aliphatic carbocycles. The number of hydrogen-bond donors (Lipinski definition) is 1. The molecule has 4 heteroatoms. The Kier molecular flexibility index (Phi) is 7.42. The number of aliphatic hydroxyl groups excluding tert-OH is 1. The first-order valence-corrected chi connectivity index (χ1v) is 5.19. The molecule has 1 aliphatic rings. The maximum Gasteiger partial charge on any atom is 0.224 e. The molecular formula is C10H21NO3. The van der Waals surface area contributed by atoms with Gasteiger partial charge in [-0.15, -0.1) is 0 Å². The summed E-state index contributed by atoms with van der Waals surface area (Å²) in [5.41, 5.74) is 0. The zero-order valence-electron chi connectivity index (χ0n) is 9.32. The van der Waals surface area contributed by atoms with Gasteiger partial charge in [-0.25, -0.2) is 0 Å². The van der Waals surface area contributed by atoms with Crippen molar-refractivity contribution in [1.82, 2.24) is 4.90 Å². The minimum absolute atomic E-state index is 0.0250. The van der Waals surface area contributed by atoms with E-state index in [0.717, 1.165) is 13.0 Å². The van der Waals surface area contributed by atoms with E-state index < -0.39 is 0 Å². The van der Waals surface area contributed by atoms with Crippen LogP contribution in [0.25, 0.3) is 0 Å². The first-order valence-electron chi connectivity index (χ1n) is 5.19. The molecule has 1 rings (SSSR count). The molecule has 1 saturated heterocycles. The third kappa shape index (κ3) is 4.07. The van der Waals surface area contributed by atoms with Crippen LogP contribution in [0.3, 0.4) is 0 Å². The van der Waals surface area contributed by atoms with Crippen LogP contribution in [-0.2, 0) is 9.53 Å². The third-order valence-electron chi connectivity index (χ3n) is 2.16. The smallest absolute Gasteiger partial charge is 0.224 e. The van der Waals surface area contributed by atoms with Gasteiger partial charge in [0.2, 0.25) is 5.91 Å². The fourth-order valence-electron chi connectivity index (χ4n) is 1.40. The number of carbonyl (C=O) groups excluding carboxylic acids is 1. The van der Waals surface area contributed by atoms with E-state index in [2.05, 4.69) is 0 Å². The molecule has 14 heavy (non-hydrogen) atoms. The van der Waals surface area contributed by atoms with Gasteiger partial charge in [-0.1, -0.05) is 13.8 Å². The highest BCUT2D eigenvalue weighted by Crippen LogP contribution is 2.12. The van der Waals surface area contributed by atoms with E-state index in [1.807, 2.05) is 13.8 Å². The van der Waals surface area contributed by atoms with Gasteiger partial charge >= 0.3 is 0 Å². The van der Waals surface area contributed by atoms with E-state index in [9.17, 15) is 4.79 Å². The second-order valence-corrected chi connectivity index (χ2v) is 2.96. The Bertz CT molecular complexity index is 161. The summed E-state index contributed by atoms with van der Waals surface area (Å²) in [4.78, 5) is 13.0. The van der Waals surface area contributed by atoms with Crippen molar-refractivity contribution in [3.8, 4) is 0 Å². The molecule has 0 aromatic carbocycles. The second-order valence-electron chi connectivity index (χ2n) is 2.96. The van der Waals surface area contributed by atoms with Gasteiger partial charge in [-0.3, -0.25) is 4.79 Å². The molecule has 0 bridgehead atoms. The van der Waals surface area contributed by atoms with E-state index in [1.165, 1.54) is 0 Å². The molecule has 0 aromatic rings. The monoisotopic (exact) mass is 203 g/mol. The van der Waals surface area contributed by atoms with Crippen LogP contribution in [0.2, 0.25) is 0 Å². The SMILES string of the molecule is CC.CO[C@H]1CCN(C(=O)CCO)C1. The summed E-state index contributed by atoms with van der Waals surface area (Å²) >= 11 is 0. The number of nitrogens with zero attached hydrogens (tertiary/aromatic N) is 1. The van der Waals surface area contributed by atoms with Gasteiger partial charge in [0.25, 0.3) is 0 Å². The summed E-state index contributed by atoms with van der Waals surface area (Å²) < 4.78 is 5.11. The molecule has 1 heterocycles. The van der Waals surface area contributed by atoms with Gasteiger partial charge in [0.05, 0.1) is 12.7 Å². The normalized spacial score (nSPS) is 20.3. The lowest BCUT2D eigenvalue weighted by Crippen LogP contribution is -2.30. The lowest BCUT2D eigenvalue weighted by Gasteiger charge is -2.14. The Labute approximate surface area is 85.9 Å². The molecule has 0 radical (unpaired) electrons. The highest BCUT2D eigenvalue weighted by atomic mass is 16.5. The van der Waals surface area contributed by atoms with Gasteiger partial charge in [0.15, 0.2) is 0 Å². The quantitative estimate of drug-likeness (QED) is 0.732. The van der Waals surface area contributed by atoms with Crippen molar-refractivity contribution in [1.29, 1.82) is 0 Å². The summed E-state index contributed by atoms with van der Waals surface area (Å²) in [6.45, 7) is 5.37. The molecule has 1 amide bonds. The maximum absolute atomic E-state index is 11.2. The van der Waals surface area contributed by atoms with Crippen molar-refractivity contribution in [2.45, 2.75) is 32.8 Å². The van der Waals surface area contributed by atoms with Crippen LogP contribution >= 0.6 is 0 Å². The fourth-order valence-corrected chi connectivity index (χ4v) is 1.40. The van der Waals surface area contributed by atoms with E-state index in [4.69, 9.17) is 9.84 Å². The minimum atomic E-state index is -0.0625. The van der Waals surface area contributed by atoms with Crippen molar-refractivity contribution >= 4 is 5.91 Å². The largest absolute Gasteiger partial charge is 0.396 e. The van der Waals surface area contributed by atoms with Crippen molar-refractivity contribution in [2.24, 2.45) is 0 Å². The molecule has 0 spiro atoms. The van der Waals surface area contributed by atoms with Gasteiger partial charge in [-0.05, 0) is 6.42 Å². The molecule has 1 aliphatic heterocycles. The lowest BCUT2D eigenvalue weighted by atomic mass is 10.3. The average molecular weight is 203 g/mol. The standard InChI is InChI=1S/C8H15NO3.C2H6/c1-12-7-2-4-9(6-7)8(11)3-5-10;1-2/h7,10H,2-6H2,1H3;1-2H3/t7-;/m0./s1. The number of carbonyl (C=O) groups is 1. The van der Waals surface area contributed by atoms with Gasteiger partial charge in [0, 0.05) is 26.6 Å².